The van der Waals surface area contributed by atoms with Crippen molar-refractivity contribution in [1.82, 2.24) is 23.3 Å². The number of benzene rings is 6. The van der Waals surface area contributed by atoms with Crippen LogP contribution in [-0.2, 0) is 19.5 Å². The molecule has 0 bridgehead atoms. The summed E-state index contributed by atoms with van der Waals surface area (Å²) in [4.78, 5) is 5.15. The third-order valence-electron chi connectivity index (χ3n) is 11.5. The number of fused-ring (bicyclic) bond motifs is 12. The van der Waals surface area contributed by atoms with E-state index in [-0.39, 0.29) is 5.41 Å². The number of hydrogen-bond donors (Lipinski definition) is 0. The number of pyridine rings is 1. The number of para-hydroxylation sites is 3. The van der Waals surface area contributed by atoms with Gasteiger partial charge in [-0.2, -0.15) is 0 Å². The van der Waals surface area contributed by atoms with Crippen LogP contribution in [0.4, 0.5) is 0 Å². The lowest BCUT2D eigenvalue weighted by Crippen LogP contribution is -2.27. The van der Waals surface area contributed by atoms with Gasteiger partial charge in [0, 0.05) is 75.2 Å². The molecule has 57 heavy (non-hydrogen) atoms. The van der Waals surface area contributed by atoms with Crippen molar-refractivity contribution in [2.45, 2.75) is 26.2 Å². The Morgan fingerprint density at radius 2 is 1.26 bits per heavy atom. The van der Waals surface area contributed by atoms with Gasteiger partial charge in [0.2, 0.25) is 6.33 Å². The van der Waals surface area contributed by atoms with Gasteiger partial charge in [-0.15, -0.1) is 0 Å². The fraction of sp³-hybridized carbons (Fsp3) is 0.120. The van der Waals surface area contributed by atoms with E-state index in [0.29, 0.717) is 0 Å². The molecule has 0 radical (unpaired) electrons. The monoisotopic (exact) mass is 740 g/mol. The molecule has 0 N–H and O–H groups in total. The minimum Gasteiger partial charge on any atom is -0.458 e. The Hall–Kier alpha value is -7.12. The number of hydrogen-bond acceptors (Lipinski definition) is 2. The third kappa shape index (κ3) is 4.98. The highest BCUT2D eigenvalue weighted by Gasteiger charge is 2.28. The highest BCUT2D eigenvalue weighted by molar-refractivity contribution is 6.40. The molecule has 5 aromatic heterocycles. The Bertz CT molecular complexity index is 3390. The number of ether oxygens (including phenoxy) is 1. The molecule has 6 aromatic carbocycles. The number of nitrogens with zero attached hydrogens (tertiary/aromatic N) is 6. The van der Waals surface area contributed by atoms with Gasteiger partial charge in [-0.25, -0.2) is 4.98 Å². The van der Waals surface area contributed by atoms with Crippen LogP contribution in [0.3, 0.4) is 0 Å². The molecule has 7 nitrogen and oxygen atoms in total. The molecule has 0 aliphatic rings. The molecule has 0 atom stereocenters. The highest BCUT2D eigenvalue weighted by atomic mass is 16.5. The summed E-state index contributed by atoms with van der Waals surface area (Å²) in [5.41, 5.74) is 10.1. The molecule has 0 unspecified atom stereocenters. The highest BCUT2D eigenvalue weighted by Crippen LogP contribution is 2.49. The predicted octanol–water partition coefficient (Wildman–Crippen LogP) is 11.4. The molecule has 5 heterocycles. The Morgan fingerprint density at radius 1 is 0.596 bits per heavy atom. The zero-order valence-corrected chi connectivity index (χ0v) is 32.5. The quantitative estimate of drug-likeness (QED) is 0.130. The van der Waals surface area contributed by atoms with E-state index >= 15 is 0 Å². The second kappa shape index (κ2) is 12.2. The van der Waals surface area contributed by atoms with Gasteiger partial charge in [0.05, 0.1) is 40.3 Å². The van der Waals surface area contributed by atoms with Crippen LogP contribution >= 0.6 is 0 Å². The summed E-state index contributed by atoms with van der Waals surface area (Å²) in [6.07, 6.45) is 9.22. The van der Waals surface area contributed by atoms with Gasteiger partial charge in [-0.05, 0) is 71.6 Å². The van der Waals surface area contributed by atoms with Gasteiger partial charge in [0.15, 0.2) is 0 Å². The molecule has 0 spiro atoms. The molecule has 0 saturated carbocycles. The summed E-state index contributed by atoms with van der Waals surface area (Å²) >= 11 is 0. The smallest absolute Gasteiger partial charge is 0.243 e. The molecule has 11 aromatic rings. The Balaban J connectivity index is 1.31. The van der Waals surface area contributed by atoms with Gasteiger partial charge < -0.3 is 23.0 Å². The fourth-order valence-electron chi connectivity index (χ4n) is 8.92. The lowest BCUT2D eigenvalue weighted by Gasteiger charge is -2.20. The van der Waals surface area contributed by atoms with Crippen LogP contribution in [0.2, 0.25) is 0 Å². The number of rotatable bonds is 5. The van der Waals surface area contributed by atoms with Crippen molar-refractivity contribution in [2.24, 2.45) is 14.1 Å². The Kier molecular flexibility index (Phi) is 7.11. The van der Waals surface area contributed by atoms with E-state index in [2.05, 4.69) is 163 Å². The van der Waals surface area contributed by atoms with Crippen molar-refractivity contribution < 1.29 is 9.30 Å². The van der Waals surface area contributed by atoms with Crippen LogP contribution < -0.4 is 9.30 Å². The van der Waals surface area contributed by atoms with Crippen LogP contribution in [0.25, 0.3) is 82.6 Å². The summed E-state index contributed by atoms with van der Waals surface area (Å²) in [6, 6.07) is 47.5. The average Bonchev–Trinajstić information content (AvgIpc) is 3.98. The largest absolute Gasteiger partial charge is 0.458 e. The summed E-state index contributed by atoms with van der Waals surface area (Å²) in [7, 11) is 4.18. The molecule has 7 heteroatoms. The lowest BCUT2D eigenvalue weighted by atomic mass is 9.88. The topological polar surface area (TPSA) is 45.7 Å². The first kappa shape index (κ1) is 33.2. The van der Waals surface area contributed by atoms with E-state index in [0.717, 1.165) is 50.6 Å². The van der Waals surface area contributed by atoms with E-state index < -0.39 is 0 Å². The number of imidazole rings is 1. The van der Waals surface area contributed by atoms with Crippen LogP contribution in [0.5, 0.6) is 11.5 Å². The predicted molar refractivity (Wildman–Crippen MR) is 231 cm³/mol. The van der Waals surface area contributed by atoms with Crippen molar-refractivity contribution in [3.8, 4) is 28.7 Å². The first-order valence-electron chi connectivity index (χ1n) is 19.4. The van der Waals surface area contributed by atoms with Crippen LogP contribution in [0.1, 0.15) is 26.3 Å². The zero-order chi connectivity index (χ0) is 38.6. The molecular weight excluding hydrogens is 701 g/mol. The standard InChI is InChI=1S/C50H40N6O/c1-50(2,3)32-24-25-51-43(28-32)56-42-30-36(57-35-17-13-16-34(29-35)54-27-26-52(4)31-54)22-23-39(42)45-47-44(37-18-9-11-20-40(37)53(47)5)48-46(49(45)56)38-19-10-12-21-41(38)55(48)33-14-7-6-8-15-33/h6-30H,1-5H3. The lowest BCUT2D eigenvalue weighted by molar-refractivity contribution is -0.599. The van der Waals surface area contributed by atoms with Gasteiger partial charge in [-0.3, -0.25) is 4.57 Å². The van der Waals surface area contributed by atoms with E-state index in [1.165, 1.54) is 49.0 Å². The summed E-state index contributed by atoms with van der Waals surface area (Å²) in [5.74, 6) is 2.36. The maximum atomic E-state index is 6.72. The first-order chi connectivity index (χ1) is 27.7. The minimum absolute atomic E-state index is 0.0777. The molecule has 0 aliphatic carbocycles. The van der Waals surface area contributed by atoms with Crippen molar-refractivity contribution in [3.63, 3.8) is 0 Å². The molecule has 0 aliphatic heterocycles. The summed E-state index contributed by atoms with van der Waals surface area (Å²) < 4.78 is 17.8. The van der Waals surface area contributed by atoms with Crippen molar-refractivity contribution in [3.05, 3.63) is 164 Å². The zero-order valence-electron chi connectivity index (χ0n) is 32.5. The number of aromatic nitrogens is 6. The minimum atomic E-state index is -0.0777. The van der Waals surface area contributed by atoms with Gasteiger partial charge in [0.25, 0.3) is 0 Å². The molecule has 0 fully saturated rings. The van der Waals surface area contributed by atoms with Crippen molar-refractivity contribution in [2.75, 3.05) is 0 Å². The first-order valence-corrected chi connectivity index (χ1v) is 19.4. The van der Waals surface area contributed by atoms with E-state index in [4.69, 9.17) is 9.72 Å². The van der Waals surface area contributed by atoms with Crippen molar-refractivity contribution in [1.29, 1.82) is 0 Å². The van der Waals surface area contributed by atoms with Gasteiger partial charge in [-0.1, -0.05) is 87.5 Å². The van der Waals surface area contributed by atoms with E-state index in [1.807, 2.05) is 53.0 Å². The van der Waals surface area contributed by atoms with Crippen LogP contribution in [-0.4, -0.2) is 23.3 Å². The van der Waals surface area contributed by atoms with Crippen molar-refractivity contribution >= 4 is 65.4 Å². The Labute approximate surface area is 329 Å². The van der Waals surface area contributed by atoms with E-state index in [1.54, 1.807) is 0 Å². The Morgan fingerprint density at radius 3 is 2.02 bits per heavy atom. The third-order valence-corrected chi connectivity index (χ3v) is 11.5. The molecule has 276 valence electrons. The molecule has 0 saturated heterocycles. The fourth-order valence-corrected chi connectivity index (χ4v) is 8.92. The SMILES string of the molecule is Cn1[c-][n+](-c2cccc(Oc3ccc4c5c6c(c7ccccc7n6C)c6c(c7ccccc7n6-c6ccccc6)c5n(-c5cc(C(C)(C)C)ccn5)c4c3)c2)cc1. The molecule has 0 amide bonds. The summed E-state index contributed by atoms with van der Waals surface area (Å²) in [5, 5.41) is 7.17. The second-order valence-corrected chi connectivity index (χ2v) is 16.1. The maximum absolute atomic E-state index is 6.72. The van der Waals surface area contributed by atoms with Crippen LogP contribution in [0.15, 0.2) is 152 Å². The normalized spacial score (nSPS) is 12.3. The van der Waals surface area contributed by atoms with E-state index in [9.17, 15) is 0 Å². The molecular formula is C50H40N6O. The van der Waals surface area contributed by atoms with Crippen LogP contribution in [0, 0.1) is 6.33 Å². The van der Waals surface area contributed by atoms with Gasteiger partial charge >= 0.3 is 0 Å². The van der Waals surface area contributed by atoms with Gasteiger partial charge in [0.1, 0.15) is 17.3 Å². The second-order valence-electron chi connectivity index (χ2n) is 16.1. The summed E-state index contributed by atoms with van der Waals surface area (Å²) in [6.45, 7) is 6.77. The average molecular weight is 741 g/mol. The maximum Gasteiger partial charge on any atom is 0.243 e. The molecule has 11 rings (SSSR count). The number of aryl methyl sites for hydroxylation is 2.